The van der Waals surface area contributed by atoms with Gasteiger partial charge in [-0.2, -0.15) is 11.3 Å². The molecular weight excluding hydrogens is 280 g/mol. The minimum Gasteiger partial charge on any atom is -0.312 e. The zero-order chi connectivity index (χ0) is 14.2. The second-order valence-electron chi connectivity index (χ2n) is 5.98. The van der Waals surface area contributed by atoms with E-state index in [1.165, 1.54) is 5.56 Å². The van der Waals surface area contributed by atoms with Crippen molar-refractivity contribution < 1.29 is 4.79 Å². The van der Waals surface area contributed by atoms with E-state index >= 15 is 0 Å². The molecule has 2 atom stereocenters. The summed E-state index contributed by atoms with van der Waals surface area (Å²) in [6, 6.07) is 12.2. The Morgan fingerprint density at radius 1 is 1.10 bits per heavy atom. The first-order valence-corrected chi connectivity index (χ1v) is 8.35. The molecule has 0 unspecified atom stereocenters. The average molecular weight is 298 g/mol. The van der Waals surface area contributed by atoms with Gasteiger partial charge in [-0.05, 0) is 34.5 Å². The number of hydrogen-bond donors (Lipinski definition) is 0. The van der Waals surface area contributed by atoms with Gasteiger partial charge in [-0.15, -0.1) is 0 Å². The van der Waals surface area contributed by atoms with Gasteiger partial charge in [0.25, 0.3) is 0 Å². The molecule has 4 heteroatoms. The number of benzene rings is 1. The van der Waals surface area contributed by atoms with E-state index in [0.717, 1.165) is 31.9 Å². The Labute approximate surface area is 128 Å². The first-order valence-electron chi connectivity index (χ1n) is 7.41. The molecule has 2 saturated heterocycles. The zero-order valence-electron chi connectivity index (χ0n) is 11.8. The van der Waals surface area contributed by atoms with Gasteiger partial charge in [0, 0.05) is 37.8 Å². The number of rotatable bonds is 3. The first kappa shape index (κ1) is 13.0. The summed E-state index contributed by atoms with van der Waals surface area (Å²) in [6.07, 6.45) is 0. The van der Waals surface area contributed by atoms with Crippen LogP contribution in [0, 0.1) is 11.8 Å². The molecule has 2 aliphatic rings. The number of para-hydroxylation sites is 1. The molecule has 0 saturated carbocycles. The number of carbonyl (C=O) groups excluding carboxylic acids is 1. The van der Waals surface area contributed by atoms with Gasteiger partial charge < -0.3 is 4.90 Å². The van der Waals surface area contributed by atoms with Crippen molar-refractivity contribution in [2.45, 2.75) is 6.54 Å². The summed E-state index contributed by atoms with van der Waals surface area (Å²) >= 11 is 1.74. The third-order valence-electron chi connectivity index (χ3n) is 4.57. The number of fused-ring (bicyclic) bond motifs is 1. The maximum atomic E-state index is 12.6. The number of nitrogens with zero attached hydrogens (tertiary/aromatic N) is 2. The molecule has 0 N–H and O–H groups in total. The van der Waals surface area contributed by atoms with Crippen molar-refractivity contribution in [3.05, 3.63) is 52.7 Å². The molecule has 3 nitrogen and oxygen atoms in total. The quantitative estimate of drug-likeness (QED) is 0.870. The molecule has 21 heavy (non-hydrogen) atoms. The van der Waals surface area contributed by atoms with Gasteiger partial charge in [-0.1, -0.05) is 18.2 Å². The van der Waals surface area contributed by atoms with E-state index in [0.29, 0.717) is 11.8 Å². The van der Waals surface area contributed by atoms with Crippen molar-refractivity contribution in [1.29, 1.82) is 0 Å². The molecule has 108 valence electrons. The molecule has 2 aromatic rings. The predicted octanol–water partition coefficient (Wildman–Crippen LogP) is 2.84. The minimum absolute atomic E-state index is 0.184. The van der Waals surface area contributed by atoms with Crippen LogP contribution < -0.4 is 4.90 Å². The van der Waals surface area contributed by atoms with Gasteiger partial charge in [0.2, 0.25) is 5.91 Å². The summed E-state index contributed by atoms with van der Waals surface area (Å²) in [7, 11) is 0. The number of carbonyl (C=O) groups is 1. The molecule has 1 amide bonds. The standard InChI is InChI=1S/C17H18N2OS/c20-17-16-11-18(8-13-6-7-21-12-13)9-14(16)10-19(17)15-4-2-1-3-5-15/h1-7,12,14,16H,8-11H2/t14-,16-/m1/s1. The topological polar surface area (TPSA) is 23.6 Å². The van der Waals surface area contributed by atoms with E-state index < -0.39 is 0 Å². The van der Waals surface area contributed by atoms with Crippen LogP contribution >= 0.6 is 11.3 Å². The van der Waals surface area contributed by atoms with Crippen molar-refractivity contribution in [1.82, 2.24) is 4.90 Å². The Morgan fingerprint density at radius 3 is 2.67 bits per heavy atom. The van der Waals surface area contributed by atoms with Gasteiger partial charge in [-0.3, -0.25) is 9.69 Å². The number of likely N-dealkylation sites (tertiary alicyclic amines) is 1. The monoisotopic (exact) mass is 298 g/mol. The lowest BCUT2D eigenvalue weighted by atomic mass is 10.0. The second kappa shape index (κ2) is 5.28. The zero-order valence-corrected chi connectivity index (χ0v) is 12.6. The van der Waals surface area contributed by atoms with Crippen LogP contribution in [-0.4, -0.2) is 30.4 Å². The molecule has 2 fully saturated rings. The summed E-state index contributed by atoms with van der Waals surface area (Å²) in [6.45, 7) is 3.79. The Hall–Kier alpha value is -1.65. The van der Waals surface area contributed by atoms with E-state index in [1.54, 1.807) is 11.3 Å². The summed E-state index contributed by atoms with van der Waals surface area (Å²) in [5, 5.41) is 4.32. The highest BCUT2D eigenvalue weighted by molar-refractivity contribution is 7.07. The fourth-order valence-electron chi connectivity index (χ4n) is 3.56. The highest BCUT2D eigenvalue weighted by Crippen LogP contribution is 2.35. The fourth-order valence-corrected chi connectivity index (χ4v) is 4.22. The van der Waals surface area contributed by atoms with E-state index in [9.17, 15) is 4.79 Å². The van der Waals surface area contributed by atoms with E-state index in [2.05, 4.69) is 21.7 Å². The molecule has 0 radical (unpaired) electrons. The number of thiophene rings is 1. The highest BCUT2D eigenvalue weighted by atomic mass is 32.1. The van der Waals surface area contributed by atoms with Gasteiger partial charge in [-0.25, -0.2) is 0 Å². The van der Waals surface area contributed by atoms with E-state index in [-0.39, 0.29) is 5.92 Å². The number of amides is 1. The number of anilines is 1. The van der Waals surface area contributed by atoms with Gasteiger partial charge >= 0.3 is 0 Å². The summed E-state index contributed by atoms with van der Waals surface area (Å²) < 4.78 is 0. The van der Waals surface area contributed by atoms with Crippen molar-refractivity contribution in [2.75, 3.05) is 24.5 Å². The van der Waals surface area contributed by atoms with Crippen LogP contribution in [0.5, 0.6) is 0 Å². The predicted molar refractivity (Wildman–Crippen MR) is 85.4 cm³/mol. The van der Waals surface area contributed by atoms with Gasteiger partial charge in [0.15, 0.2) is 0 Å². The van der Waals surface area contributed by atoms with Crippen LogP contribution in [0.3, 0.4) is 0 Å². The second-order valence-corrected chi connectivity index (χ2v) is 6.76. The average Bonchev–Trinajstić information content (AvgIpc) is 3.20. The van der Waals surface area contributed by atoms with Crippen molar-refractivity contribution >= 4 is 22.9 Å². The lowest BCUT2D eigenvalue weighted by molar-refractivity contribution is -0.120. The van der Waals surface area contributed by atoms with Gasteiger partial charge in [0.1, 0.15) is 0 Å². The molecule has 0 spiro atoms. The Kier molecular flexibility index (Phi) is 3.28. The molecule has 0 aliphatic carbocycles. The maximum absolute atomic E-state index is 12.6. The molecule has 2 aliphatic heterocycles. The number of hydrogen-bond acceptors (Lipinski definition) is 3. The third-order valence-corrected chi connectivity index (χ3v) is 5.30. The molecule has 1 aromatic heterocycles. The van der Waals surface area contributed by atoms with Crippen molar-refractivity contribution in [3.8, 4) is 0 Å². The van der Waals surface area contributed by atoms with Crippen molar-refractivity contribution in [3.63, 3.8) is 0 Å². The van der Waals surface area contributed by atoms with E-state index in [4.69, 9.17) is 0 Å². The van der Waals surface area contributed by atoms with Crippen LogP contribution in [0.4, 0.5) is 5.69 Å². The summed E-state index contributed by atoms with van der Waals surface area (Å²) in [4.78, 5) is 17.0. The van der Waals surface area contributed by atoms with Crippen LogP contribution in [0.15, 0.2) is 47.2 Å². The van der Waals surface area contributed by atoms with Crippen LogP contribution in [0.1, 0.15) is 5.56 Å². The highest BCUT2D eigenvalue weighted by Gasteiger charge is 2.46. The fraction of sp³-hybridized carbons (Fsp3) is 0.353. The molecule has 0 bridgehead atoms. The van der Waals surface area contributed by atoms with Crippen LogP contribution in [0.25, 0.3) is 0 Å². The normalized spacial score (nSPS) is 25.5. The Balaban J connectivity index is 1.45. The molecule has 4 rings (SSSR count). The Bertz CT molecular complexity index is 626. The van der Waals surface area contributed by atoms with Crippen LogP contribution in [0.2, 0.25) is 0 Å². The summed E-state index contributed by atoms with van der Waals surface area (Å²) in [5.74, 6) is 0.971. The molecule has 3 heterocycles. The van der Waals surface area contributed by atoms with E-state index in [1.807, 2.05) is 35.2 Å². The van der Waals surface area contributed by atoms with Crippen LogP contribution in [-0.2, 0) is 11.3 Å². The van der Waals surface area contributed by atoms with Gasteiger partial charge in [0.05, 0.1) is 5.92 Å². The minimum atomic E-state index is 0.184. The first-order chi connectivity index (χ1) is 10.3. The lowest BCUT2D eigenvalue weighted by Gasteiger charge is -2.21. The smallest absolute Gasteiger partial charge is 0.231 e. The molecule has 1 aromatic carbocycles. The maximum Gasteiger partial charge on any atom is 0.231 e. The lowest BCUT2D eigenvalue weighted by Crippen LogP contribution is -2.32. The largest absolute Gasteiger partial charge is 0.312 e. The van der Waals surface area contributed by atoms with Crippen molar-refractivity contribution in [2.24, 2.45) is 11.8 Å². The Morgan fingerprint density at radius 2 is 1.95 bits per heavy atom. The summed E-state index contributed by atoms with van der Waals surface area (Å²) in [5.41, 5.74) is 2.41. The third kappa shape index (κ3) is 2.39. The SMILES string of the molecule is O=C1[C@@H]2CN(Cc3ccsc3)C[C@@H]2CN1c1ccccc1. The molecular formula is C17H18N2OS.